The number of nitrogens with zero attached hydrogens (tertiary/aromatic N) is 4. The Labute approximate surface area is 121 Å². The summed E-state index contributed by atoms with van der Waals surface area (Å²) in [7, 11) is 1.66. The van der Waals surface area contributed by atoms with Crippen LogP contribution in [0.3, 0.4) is 0 Å². The van der Waals surface area contributed by atoms with Gasteiger partial charge >= 0.3 is 5.97 Å². The van der Waals surface area contributed by atoms with Crippen LogP contribution in [0.4, 0.5) is 0 Å². The van der Waals surface area contributed by atoms with Crippen molar-refractivity contribution in [3.8, 4) is 5.69 Å². The Kier molecular flexibility index (Phi) is 4.65. The summed E-state index contributed by atoms with van der Waals surface area (Å²) in [5.74, 6) is -0.987. The van der Waals surface area contributed by atoms with E-state index in [9.17, 15) is 9.59 Å². The minimum atomic E-state index is -0.854. The minimum absolute atomic E-state index is 0.0584. The Bertz CT molecular complexity index is 608. The number of carboxylic acid groups (broad SMARTS) is 1. The highest BCUT2D eigenvalue weighted by atomic mass is 16.4. The number of hydrogen-bond donors (Lipinski definition) is 1. The molecule has 2 rings (SSSR count). The average Bonchev–Trinajstić information content (AvgIpc) is 3.00. The first-order valence-electron chi connectivity index (χ1n) is 6.52. The van der Waals surface area contributed by atoms with Gasteiger partial charge in [-0.25, -0.2) is 4.68 Å². The fourth-order valence-corrected chi connectivity index (χ4v) is 1.89. The van der Waals surface area contributed by atoms with Crippen LogP contribution in [0.25, 0.3) is 5.69 Å². The quantitative estimate of drug-likeness (QED) is 0.863. The number of carbonyl (C=O) groups excluding carboxylic acids is 1. The molecule has 2 aromatic rings. The van der Waals surface area contributed by atoms with Gasteiger partial charge in [0.15, 0.2) is 0 Å². The molecule has 7 nitrogen and oxygen atoms in total. The zero-order valence-electron chi connectivity index (χ0n) is 11.6. The van der Waals surface area contributed by atoms with Crippen LogP contribution in [-0.4, -0.2) is 50.5 Å². The van der Waals surface area contributed by atoms with Gasteiger partial charge in [0.05, 0.1) is 18.1 Å². The second kappa shape index (κ2) is 6.65. The van der Waals surface area contributed by atoms with Crippen molar-refractivity contribution in [2.75, 3.05) is 13.6 Å². The lowest BCUT2D eigenvalue weighted by Crippen LogP contribution is -2.28. The number of benzene rings is 1. The zero-order valence-corrected chi connectivity index (χ0v) is 11.6. The fraction of sp³-hybridized carbons (Fsp3) is 0.286. The van der Waals surface area contributed by atoms with Crippen LogP contribution < -0.4 is 0 Å². The van der Waals surface area contributed by atoms with Gasteiger partial charge in [0.2, 0.25) is 0 Å². The fourth-order valence-electron chi connectivity index (χ4n) is 1.89. The van der Waals surface area contributed by atoms with E-state index in [0.29, 0.717) is 18.5 Å². The van der Waals surface area contributed by atoms with Gasteiger partial charge in [0.25, 0.3) is 5.91 Å². The maximum Gasteiger partial charge on any atom is 0.303 e. The molecule has 0 aliphatic carbocycles. The van der Waals surface area contributed by atoms with Gasteiger partial charge in [-0.3, -0.25) is 9.59 Å². The molecule has 1 aromatic heterocycles. The van der Waals surface area contributed by atoms with Crippen molar-refractivity contribution in [3.63, 3.8) is 0 Å². The SMILES string of the molecule is CN(CCCC(=O)O)C(=O)c1ccc(-n2ccnn2)cc1. The van der Waals surface area contributed by atoms with Crippen molar-refractivity contribution in [1.29, 1.82) is 0 Å². The molecule has 0 spiro atoms. The molecule has 0 saturated carbocycles. The predicted molar refractivity (Wildman–Crippen MR) is 75.2 cm³/mol. The maximum absolute atomic E-state index is 12.2. The first kappa shape index (κ1) is 14.7. The largest absolute Gasteiger partial charge is 0.481 e. The second-order valence-electron chi connectivity index (χ2n) is 4.62. The van der Waals surface area contributed by atoms with Crippen LogP contribution in [0.5, 0.6) is 0 Å². The smallest absolute Gasteiger partial charge is 0.303 e. The normalized spacial score (nSPS) is 10.3. The molecule has 1 N–H and O–H groups in total. The van der Waals surface area contributed by atoms with Crippen LogP contribution in [-0.2, 0) is 4.79 Å². The highest BCUT2D eigenvalue weighted by Crippen LogP contribution is 2.10. The summed E-state index contributed by atoms with van der Waals surface area (Å²) >= 11 is 0. The zero-order chi connectivity index (χ0) is 15.2. The maximum atomic E-state index is 12.2. The third-order valence-electron chi connectivity index (χ3n) is 3.03. The lowest BCUT2D eigenvalue weighted by atomic mass is 10.1. The third-order valence-corrected chi connectivity index (χ3v) is 3.03. The molecule has 0 aliphatic rings. The lowest BCUT2D eigenvalue weighted by Gasteiger charge is -2.16. The summed E-state index contributed by atoms with van der Waals surface area (Å²) < 4.78 is 1.60. The van der Waals surface area contributed by atoms with E-state index in [1.807, 2.05) is 0 Å². The molecule has 1 amide bonds. The number of aromatic nitrogens is 3. The van der Waals surface area contributed by atoms with E-state index < -0.39 is 5.97 Å². The van der Waals surface area contributed by atoms with Crippen LogP contribution in [0.2, 0.25) is 0 Å². The number of carboxylic acids is 1. The average molecular weight is 288 g/mol. The Morgan fingerprint density at radius 1 is 1.29 bits per heavy atom. The first-order chi connectivity index (χ1) is 10.1. The highest BCUT2D eigenvalue weighted by molar-refractivity contribution is 5.94. The summed E-state index contributed by atoms with van der Waals surface area (Å²) in [6.07, 6.45) is 3.79. The molecule has 7 heteroatoms. The standard InChI is InChI=1S/C14H16N4O3/c1-17(9-2-3-13(19)20)14(21)11-4-6-12(7-5-11)18-10-8-15-16-18/h4-8,10H,2-3,9H2,1H3,(H,19,20). The van der Waals surface area contributed by atoms with Crippen LogP contribution in [0.1, 0.15) is 23.2 Å². The predicted octanol–water partition coefficient (Wildman–Crippen LogP) is 1.20. The molecule has 110 valence electrons. The first-order valence-corrected chi connectivity index (χ1v) is 6.52. The van der Waals surface area contributed by atoms with Crippen molar-refractivity contribution in [1.82, 2.24) is 19.9 Å². The number of amides is 1. The Morgan fingerprint density at radius 2 is 2.00 bits per heavy atom. The van der Waals surface area contributed by atoms with Gasteiger partial charge < -0.3 is 10.0 Å². The molecule has 0 radical (unpaired) electrons. The summed E-state index contributed by atoms with van der Waals surface area (Å²) in [4.78, 5) is 24.1. The van der Waals surface area contributed by atoms with Crippen molar-refractivity contribution >= 4 is 11.9 Å². The topological polar surface area (TPSA) is 88.3 Å². The molecular formula is C14H16N4O3. The van der Waals surface area contributed by atoms with Gasteiger partial charge in [-0.15, -0.1) is 5.10 Å². The van der Waals surface area contributed by atoms with Gasteiger partial charge in [0, 0.05) is 25.6 Å². The van der Waals surface area contributed by atoms with Crippen molar-refractivity contribution in [2.24, 2.45) is 0 Å². The second-order valence-corrected chi connectivity index (χ2v) is 4.62. The van der Waals surface area contributed by atoms with E-state index >= 15 is 0 Å². The van der Waals surface area contributed by atoms with Gasteiger partial charge in [-0.2, -0.15) is 0 Å². The summed E-state index contributed by atoms with van der Waals surface area (Å²) in [6, 6.07) is 7.00. The molecule has 0 bridgehead atoms. The van der Waals surface area contributed by atoms with E-state index in [4.69, 9.17) is 5.11 Å². The summed E-state index contributed by atoms with van der Waals surface area (Å²) in [5.41, 5.74) is 1.37. The van der Waals surface area contributed by atoms with Crippen molar-refractivity contribution < 1.29 is 14.7 Å². The number of carbonyl (C=O) groups is 2. The van der Waals surface area contributed by atoms with Crippen LogP contribution >= 0.6 is 0 Å². The molecule has 0 unspecified atom stereocenters. The van der Waals surface area contributed by atoms with E-state index in [1.54, 1.807) is 48.4 Å². The molecule has 0 aliphatic heterocycles. The van der Waals surface area contributed by atoms with Gasteiger partial charge in [-0.1, -0.05) is 5.21 Å². The van der Waals surface area contributed by atoms with E-state index in [-0.39, 0.29) is 12.3 Å². The van der Waals surface area contributed by atoms with Crippen molar-refractivity contribution in [2.45, 2.75) is 12.8 Å². The van der Waals surface area contributed by atoms with Gasteiger partial charge in [-0.05, 0) is 30.7 Å². The molecule has 21 heavy (non-hydrogen) atoms. The summed E-state index contributed by atoms with van der Waals surface area (Å²) in [6.45, 7) is 0.413. The van der Waals surface area contributed by atoms with Crippen molar-refractivity contribution in [3.05, 3.63) is 42.2 Å². The molecule has 1 aromatic carbocycles. The van der Waals surface area contributed by atoms with E-state index in [1.165, 1.54) is 4.90 Å². The minimum Gasteiger partial charge on any atom is -0.481 e. The van der Waals surface area contributed by atoms with Crippen LogP contribution in [0.15, 0.2) is 36.7 Å². The number of aliphatic carboxylic acids is 1. The Morgan fingerprint density at radius 3 is 2.57 bits per heavy atom. The van der Waals surface area contributed by atoms with E-state index in [2.05, 4.69) is 10.3 Å². The monoisotopic (exact) mass is 288 g/mol. The molecule has 0 saturated heterocycles. The molecule has 0 fully saturated rings. The third kappa shape index (κ3) is 3.88. The molecule has 0 atom stereocenters. The van der Waals surface area contributed by atoms with Gasteiger partial charge in [0.1, 0.15) is 0 Å². The number of hydrogen-bond acceptors (Lipinski definition) is 4. The Hall–Kier alpha value is -2.70. The lowest BCUT2D eigenvalue weighted by molar-refractivity contribution is -0.137. The van der Waals surface area contributed by atoms with E-state index in [0.717, 1.165) is 5.69 Å². The molecule has 1 heterocycles. The molecular weight excluding hydrogens is 272 g/mol. The summed E-state index contributed by atoms with van der Waals surface area (Å²) in [5, 5.41) is 16.2. The highest BCUT2D eigenvalue weighted by Gasteiger charge is 2.12. The van der Waals surface area contributed by atoms with Crippen LogP contribution in [0, 0.1) is 0 Å². The number of rotatable bonds is 6. The Balaban J connectivity index is 1.97.